The molecule has 13 rings (SSSR count). The maximum atomic E-state index is 9.65. The van der Waals surface area contributed by atoms with Crippen LogP contribution in [0, 0.1) is 22.7 Å². The highest BCUT2D eigenvalue weighted by Gasteiger charge is 2.58. The van der Waals surface area contributed by atoms with Crippen molar-refractivity contribution in [1.82, 2.24) is 9.97 Å². The van der Waals surface area contributed by atoms with Gasteiger partial charge >= 0.3 is 0 Å². The first-order valence-corrected chi connectivity index (χ1v) is 20.5. The molecule has 4 aliphatic rings. The molecule has 9 aromatic rings. The summed E-state index contributed by atoms with van der Waals surface area (Å²) in [6.07, 6.45) is 3.30. The van der Waals surface area contributed by atoms with Gasteiger partial charge in [0.15, 0.2) is 0 Å². The van der Waals surface area contributed by atoms with E-state index in [0.717, 1.165) is 39.6 Å². The second-order valence-electron chi connectivity index (χ2n) is 16.3. The number of nitriles is 2. The fraction of sp³-hybridized carbons (Fsp3) is 0.0526. The van der Waals surface area contributed by atoms with Crippen LogP contribution in [-0.2, 0) is 10.8 Å². The number of benzene rings is 7. The van der Waals surface area contributed by atoms with Gasteiger partial charge in [-0.2, -0.15) is 10.5 Å². The van der Waals surface area contributed by atoms with Crippen molar-refractivity contribution in [2.24, 2.45) is 0 Å². The van der Waals surface area contributed by atoms with E-state index in [1.54, 1.807) is 12.4 Å². The number of aromatic nitrogens is 2. The molecule has 0 unspecified atom stereocenters. The maximum Gasteiger partial charge on any atom is 0.101 e. The van der Waals surface area contributed by atoms with Gasteiger partial charge in [0, 0.05) is 23.5 Å². The van der Waals surface area contributed by atoms with Gasteiger partial charge < -0.3 is 4.90 Å². The first-order valence-electron chi connectivity index (χ1n) is 20.5. The molecule has 0 amide bonds. The van der Waals surface area contributed by atoms with Crippen LogP contribution in [0.25, 0.3) is 44.8 Å². The van der Waals surface area contributed by atoms with Crippen LogP contribution in [0.1, 0.15) is 63.1 Å². The minimum absolute atomic E-state index is 0. The quantitative estimate of drug-likeness (QED) is 0.174. The normalized spacial score (nSPS) is 14.2. The largest absolute Gasteiger partial charge is 0.309 e. The van der Waals surface area contributed by atoms with Crippen LogP contribution >= 0.6 is 0 Å². The number of pyridine rings is 2. The SMILES string of the molecule is C.N#Cc1ccc(-c2ccc3c(c2)N2c4cc(-c5ccc(C#N)cn5)ccc4C4(c5ccccc5-c5ccccc54)c4cccc(c42)C32c3ccccc3-c3ccccc32)nc1. The average molecular weight is 790 g/mol. The molecule has 7 aromatic carbocycles. The zero-order chi connectivity index (χ0) is 40.5. The Labute approximate surface area is 360 Å². The molecule has 2 aliphatic carbocycles. The van der Waals surface area contributed by atoms with Crippen molar-refractivity contribution in [1.29, 1.82) is 10.5 Å². The first kappa shape index (κ1) is 35.6. The Morgan fingerprint density at radius 3 is 1.11 bits per heavy atom. The van der Waals surface area contributed by atoms with E-state index in [1.165, 1.54) is 66.8 Å². The van der Waals surface area contributed by atoms with E-state index < -0.39 is 10.8 Å². The number of hydrogen-bond donors (Lipinski definition) is 0. The third kappa shape index (κ3) is 4.29. The van der Waals surface area contributed by atoms with Crippen LogP contribution in [0.15, 0.2) is 188 Å². The first-order chi connectivity index (χ1) is 30.2. The van der Waals surface area contributed by atoms with Gasteiger partial charge in [0.1, 0.15) is 12.1 Å². The molecule has 0 radical (unpaired) electrons. The summed E-state index contributed by atoms with van der Waals surface area (Å²) in [4.78, 5) is 12.1. The van der Waals surface area contributed by atoms with Crippen molar-refractivity contribution in [2.75, 3.05) is 4.90 Å². The molecule has 5 nitrogen and oxygen atoms in total. The van der Waals surface area contributed by atoms with Gasteiger partial charge in [-0.25, -0.2) is 0 Å². The summed E-state index contributed by atoms with van der Waals surface area (Å²) in [5, 5.41) is 19.3. The molecule has 2 aromatic heterocycles. The highest BCUT2D eigenvalue weighted by Crippen LogP contribution is 2.70. The van der Waals surface area contributed by atoms with Gasteiger partial charge in [-0.1, -0.05) is 147 Å². The van der Waals surface area contributed by atoms with Gasteiger partial charge in [-0.05, 0) is 103 Å². The van der Waals surface area contributed by atoms with E-state index in [1.807, 2.05) is 24.3 Å². The van der Waals surface area contributed by atoms with Crippen molar-refractivity contribution in [3.8, 4) is 56.9 Å². The number of nitrogens with zero attached hydrogens (tertiary/aromatic N) is 5. The van der Waals surface area contributed by atoms with E-state index in [0.29, 0.717) is 11.1 Å². The molecule has 2 spiro atoms. The van der Waals surface area contributed by atoms with Gasteiger partial charge in [-0.3, -0.25) is 9.97 Å². The van der Waals surface area contributed by atoms with Crippen LogP contribution in [0.5, 0.6) is 0 Å². The van der Waals surface area contributed by atoms with Gasteiger partial charge in [0.05, 0.1) is 50.4 Å². The molecular formula is C57H35N5. The van der Waals surface area contributed by atoms with Gasteiger partial charge in [-0.15, -0.1) is 0 Å². The van der Waals surface area contributed by atoms with E-state index in [4.69, 9.17) is 9.97 Å². The molecule has 2 aliphatic heterocycles. The summed E-state index contributed by atoms with van der Waals surface area (Å²) in [6.45, 7) is 0. The van der Waals surface area contributed by atoms with E-state index in [-0.39, 0.29) is 7.43 Å². The Bertz CT molecular complexity index is 3140. The number of hydrogen-bond acceptors (Lipinski definition) is 5. The molecule has 0 N–H and O–H groups in total. The van der Waals surface area contributed by atoms with Crippen molar-refractivity contribution in [3.05, 3.63) is 244 Å². The topological polar surface area (TPSA) is 76.6 Å². The van der Waals surface area contributed by atoms with E-state index in [9.17, 15) is 10.5 Å². The standard InChI is InChI=1S/C56H31N5.CH4/c57-30-34-20-26-50(59-32-34)36-22-24-46-52(28-36)61-53-29-37(51-27-21-35(31-58)33-60-51)23-25-47(53)56(44-16-7-3-12-40(44)41-13-4-8-17-45(41)56)49-19-9-18-48(54(49)61)55(46)42-14-5-1-10-38(42)39-11-2-6-15-43(39)55;/h1-29,32-33H;1H4. The van der Waals surface area contributed by atoms with Crippen molar-refractivity contribution in [3.63, 3.8) is 0 Å². The third-order valence-electron chi connectivity index (χ3n) is 13.6. The lowest BCUT2D eigenvalue weighted by Crippen LogP contribution is -2.42. The molecular weight excluding hydrogens is 755 g/mol. The molecule has 288 valence electrons. The predicted octanol–water partition coefficient (Wildman–Crippen LogP) is 13.0. The summed E-state index contributed by atoms with van der Waals surface area (Å²) in [6, 6.07) is 68.4. The lowest BCUT2D eigenvalue weighted by molar-refractivity contribution is 0.708. The minimum atomic E-state index is -0.649. The molecule has 0 fully saturated rings. The lowest BCUT2D eigenvalue weighted by atomic mass is 9.59. The summed E-state index contributed by atoms with van der Waals surface area (Å²) in [5.74, 6) is 0. The van der Waals surface area contributed by atoms with Crippen LogP contribution < -0.4 is 4.90 Å². The highest BCUT2D eigenvalue weighted by atomic mass is 15.2. The molecule has 5 heteroatoms. The zero-order valence-electron chi connectivity index (χ0n) is 32.6. The fourth-order valence-corrected chi connectivity index (χ4v) is 11.3. The fourth-order valence-electron chi connectivity index (χ4n) is 11.3. The average Bonchev–Trinajstić information content (AvgIpc) is 3.79. The monoisotopic (exact) mass is 789 g/mol. The molecule has 4 heterocycles. The van der Waals surface area contributed by atoms with Crippen LogP contribution in [0.3, 0.4) is 0 Å². The molecule has 0 atom stereocenters. The molecule has 0 bridgehead atoms. The van der Waals surface area contributed by atoms with Crippen LogP contribution in [-0.4, -0.2) is 9.97 Å². The number of anilines is 3. The maximum absolute atomic E-state index is 9.65. The van der Waals surface area contributed by atoms with E-state index >= 15 is 0 Å². The summed E-state index contributed by atoms with van der Waals surface area (Å²) in [5.41, 5.74) is 21.4. The van der Waals surface area contributed by atoms with Crippen molar-refractivity contribution >= 4 is 17.1 Å². The third-order valence-corrected chi connectivity index (χ3v) is 13.6. The summed E-state index contributed by atoms with van der Waals surface area (Å²) >= 11 is 0. The van der Waals surface area contributed by atoms with Crippen molar-refractivity contribution in [2.45, 2.75) is 18.3 Å². The van der Waals surface area contributed by atoms with E-state index in [2.05, 4.69) is 169 Å². The molecule has 0 saturated heterocycles. The molecule has 62 heavy (non-hydrogen) atoms. The number of rotatable bonds is 2. The second-order valence-corrected chi connectivity index (χ2v) is 16.3. The Morgan fingerprint density at radius 1 is 0.387 bits per heavy atom. The Kier molecular flexibility index (Phi) is 7.35. The Morgan fingerprint density at radius 2 is 0.758 bits per heavy atom. The number of fused-ring (bicyclic) bond motifs is 18. The predicted molar refractivity (Wildman–Crippen MR) is 245 cm³/mol. The Hall–Kier alpha value is -8.38. The smallest absolute Gasteiger partial charge is 0.101 e. The molecule has 0 saturated carbocycles. The van der Waals surface area contributed by atoms with Crippen molar-refractivity contribution < 1.29 is 0 Å². The summed E-state index contributed by atoms with van der Waals surface area (Å²) in [7, 11) is 0. The van der Waals surface area contributed by atoms with Gasteiger partial charge in [0.25, 0.3) is 0 Å². The van der Waals surface area contributed by atoms with Crippen LogP contribution in [0.2, 0.25) is 0 Å². The lowest BCUT2D eigenvalue weighted by Gasteiger charge is -2.52. The Balaban J connectivity index is 0.00000410. The minimum Gasteiger partial charge on any atom is -0.309 e. The summed E-state index contributed by atoms with van der Waals surface area (Å²) < 4.78 is 0. The van der Waals surface area contributed by atoms with Gasteiger partial charge in [0.2, 0.25) is 0 Å². The zero-order valence-corrected chi connectivity index (χ0v) is 32.6. The number of para-hydroxylation sites is 1. The second kappa shape index (κ2) is 12.8. The van der Waals surface area contributed by atoms with Crippen LogP contribution in [0.4, 0.5) is 17.1 Å². The highest BCUT2D eigenvalue weighted by molar-refractivity contribution is 6.03.